The van der Waals surface area contributed by atoms with Crippen LogP contribution in [0.3, 0.4) is 0 Å². The number of aryl methyl sites for hydroxylation is 1. The normalized spacial score (nSPS) is 11.1. The number of hydrogen-bond acceptors (Lipinski definition) is 3. The molecule has 2 aromatic heterocycles. The number of aromatic nitrogens is 4. The number of alkyl halides is 2. The van der Waals surface area contributed by atoms with Crippen LogP contribution in [0, 0.1) is 13.8 Å². The Labute approximate surface area is 90.9 Å². The van der Waals surface area contributed by atoms with Crippen LogP contribution in [0.2, 0.25) is 0 Å². The first-order valence-electron chi connectivity index (χ1n) is 4.73. The Morgan fingerprint density at radius 2 is 2.00 bits per heavy atom. The highest BCUT2D eigenvalue weighted by molar-refractivity contribution is 5.27. The van der Waals surface area contributed by atoms with Crippen LogP contribution in [-0.4, -0.2) is 20.0 Å². The topological polar surface area (TPSA) is 43.6 Å². The van der Waals surface area contributed by atoms with Crippen molar-refractivity contribution in [1.82, 2.24) is 20.0 Å². The molecule has 0 N–H and O–H groups in total. The van der Waals surface area contributed by atoms with Gasteiger partial charge in [0.25, 0.3) is 6.43 Å². The van der Waals surface area contributed by atoms with Gasteiger partial charge >= 0.3 is 0 Å². The van der Waals surface area contributed by atoms with Crippen molar-refractivity contribution in [1.29, 1.82) is 0 Å². The molecule has 6 heteroatoms. The first kappa shape index (κ1) is 10.7. The summed E-state index contributed by atoms with van der Waals surface area (Å²) in [5.74, 6) is 0.488. The molecule has 0 bridgehead atoms. The van der Waals surface area contributed by atoms with Crippen LogP contribution in [0.5, 0.6) is 0 Å². The van der Waals surface area contributed by atoms with Crippen LogP contribution in [0.4, 0.5) is 8.78 Å². The summed E-state index contributed by atoms with van der Waals surface area (Å²) in [4.78, 5) is 3.92. The summed E-state index contributed by atoms with van der Waals surface area (Å²) in [6, 6.07) is 2.84. The van der Waals surface area contributed by atoms with E-state index in [-0.39, 0.29) is 5.56 Å². The lowest BCUT2D eigenvalue weighted by Gasteiger charge is -2.03. The Morgan fingerprint density at radius 3 is 2.44 bits per heavy atom. The van der Waals surface area contributed by atoms with Crippen molar-refractivity contribution in [2.24, 2.45) is 0 Å². The third-order valence-corrected chi connectivity index (χ3v) is 2.37. The maximum atomic E-state index is 12.3. The Kier molecular flexibility index (Phi) is 2.64. The van der Waals surface area contributed by atoms with Gasteiger partial charge in [-0.25, -0.2) is 13.8 Å². The number of rotatable bonds is 2. The zero-order chi connectivity index (χ0) is 11.7. The Morgan fingerprint density at radius 1 is 1.25 bits per heavy atom. The summed E-state index contributed by atoms with van der Waals surface area (Å²) >= 11 is 0. The monoisotopic (exact) mass is 224 g/mol. The second-order valence-corrected chi connectivity index (χ2v) is 3.42. The van der Waals surface area contributed by atoms with E-state index in [1.54, 1.807) is 0 Å². The molecule has 4 nitrogen and oxygen atoms in total. The number of pyridine rings is 1. The molecule has 84 valence electrons. The quantitative estimate of drug-likeness (QED) is 0.785. The van der Waals surface area contributed by atoms with Gasteiger partial charge in [-0.15, -0.1) is 5.10 Å². The molecule has 0 atom stereocenters. The van der Waals surface area contributed by atoms with Gasteiger partial charge in [0.2, 0.25) is 0 Å². The first-order valence-corrected chi connectivity index (χ1v) is 4.73. The Balaban J connectivity index is 2.38. The highest BCUT2D eigenvalue weighted by Gasteiger charge is 2.10. The summed E-state index contributed by atoms with van der Waals surface area (Å²) in [5.41, 5.74) is 1.54. The van der Waals surface area contributed by atoms with Crippen LogP contribution in [0.1, 0.15) is 23.4 Å². The molecule has 0 saturated carbocycles. The van der Waals surface area contributed by atoms with E-state index in [0.717, 1.165) is 17.6 Å². The summed E-state index contributed by atoms with van der Waals surface area (Å²) in [6.07, 6.45) is -1.35. The predicted molar refractivity (Wildman–Crippen MR) is 53.6 cm³/mol. The standard InChI is InChI=1S/C10H10F2N4/c1-6-7(2)16(15-14-6)9-4-3-8(5-13-9)10(11)12/h3-5,10H,1-2H3. The second-order valence-electron chi connectivity index (χ2n) is 3.42. The Bertz CT molecular complexity index is 490. The lowest BCUT2D eigenvalue weighted by atomic mass is 10.3. The number of nitrogens with zero attached hydrogens (tertiary/aromatic N) is 4. The van der Waals surface area contributed by atoms with Crippen molar-refractivity contribution >= 4 is 0 Å². The molecule has 2 heterocycles. The van der Waals surface area contributed by atoms with Crippen LogP contribution in [-0.2, 0) is 0 Å². The number of hydrogen-bond donors (Lipinski definition) is 0. The van der Waals surface area contributed by atoms with Crippen molar-refractivity contribution in [2.75, 3.05) is 0 Å². The predicted octanol–water partition coefficient (Wildman–Crippen LogP) is 2.22. The van der Waals surface area contributed by atoms with E-state index in [1.165, 1.54) is 16.8 Å². The average Bonchev–Trinajstić information content (AvgIpc) is 2.60. The molecule has 0 aliphatic heterocycles. The van der Waals surface area contributed by atoms with Gasteiger partial charge in [-0.1, -0.05) is 5.21 Å². The van der Waals surface area contributed by atoms with Crippen LogP contribution in [0.15, 0.2) is 18.3 Å². The molecule has 0 saturated heterocycles. The maximum absolute atomic E-state index is 12.3. The summed E-state index contributed by atoms with van der Waals surface area (Å²) in [7, 11) is 0. The van der Waals surface area contributed by atoms with Crippen molar-refractivity contribution in [2.45, 2.75) is 20.3 Å². The smallest absolute Gasteiger partial charge is 0.237 e. The third kappa shape index (κ3) is 1.78. The van der Waals surface area contributed by atoms with Gasteiger partial charge in [-0.3, -0.25) is 0 Å². The molecule has 0 aliphatic rings. The fraction of sp³-hybridized carbons (Fsp3) is 0.300. The molecule has 2 rings (SSSR count). The first-order chi connectivity index (χ1) is 7.59. The van der Waals surface area contributed by atoms with Gasteiger partial charge in [0.15, 0.2) is 5.82 Å². The summed E-state index contributed by atoms with van der Waals surface area (Å²) < 4.78 is 26.1. The number of halogens is 2. The molecule has 0 unspecified atom stereocenters. The highest BCUT2D eigenvalue weighted by Crippen LogP contribution is 2.18. The van der Waals surface area contributed by atoms with Crippen LogP contribution < -0.4 is 0 Å². The third-order valence-electron chi connectivity index (χ3n) is 2.37. The molecule has 0 fully saturated rings. The van der Waals surface area contributed by atoms with E-state index in [9.17, 15) is 8.78 Å². The SMILES string of the molecule is Cc1nnn(-c2ccc(C(F)F)cn2)c1C. The van der Waals surface area contributed by atoms with Gasteiger partial charge in [0.1, 0.15) is 0 Å². The fourth-order valence-electron chi connectivity index (χ4n) is 1.27. The van der Waals surface area contributed by atoms with E-state index < -0.39 is 6.43 Å². The van der Waals surface area contributed by atoms with Crippen molar-refractivity contribution in [3.63, 3.8) is 0 Å². The fourth-order valence-corrected chi connectivity index (χ4v) is 1.27. The van der Waals surface area contributed by atoms with Gasteiger partial charge in [-0.05, 0) is 26.0 Å². The van der Waals surface area contributed by atoms with E-state index in [0.29, 0.717) is 5.82 Å². The minimum absolute atomic E-state index is 0.0989. The van der Waals surface area contributed by atoms with Crippen molar-refractivity contribution in [3.8, 4) is 5.82 Å². The molecule has 0 aromatic carbocycles. The van der Waals surface area contributed by atoms with Crippen molar-refractivity contribution in [3.05, 3.63) is 35.3 Å². The molecule has 0 aliphatic carbocycles. The van der Waals surface area contributed by atoms with E-state index in [1.807, 2.05) is 13.8 Å². The molecule has 0 amide bonds. The maximum Gasteiger partial charge on any atom is 0.265 e. The molecule has 16 heavy (non-hydrogen) atoms. The molecular weight excluding hydrogens is 214 g/mol. The van der Waals surface area contributed by atoms with E-state index in [2.05, 4.69) is 15.3 Å². The van der Waals surface area contributed by atoms with E-state index >= 15 is 0 Å². The van der Waals surface area contributed by atoms with E-state index in [4.69, 9.17) is 0 Å². The summed E-state index contributed by atoms with van der Waals surface area (Å²) in [6.45, 7) is 3.67. The minimum atomic E-state index is -2.50. The van der Waals surface area contributed by atoms with Gasteiger partial charge in [-0.2, -0.15) is 4.68 Å². The molecule has 2 aromatic rings. The second kappa shape index (κ2) is 3.96. The van der Waals surface area contributed by atoms with Crippen LogP contribution in [0.25, 0.3) is 5.82 Å². The molecule has 0 spiro atoms. The van der Waals surface area contributed by atoms with Crippen molar-refractivity contribution < 1.29 is 8.78 Å². The highest BCUT2D eigenvalue weighted by atomic mass is 19.3. The summed E-state index contributed by atoms with van der Waals surface area (Å²) in [5, 5.41) is 7.75. The largest absolute Gasteiger partial charge is 0.265 e. The zero-order valence-electron chi connectivity index (χ0n) is 8.85. The minimum Gasteiger partial charge on any atom is -0.237 e. The lowest BCUT2D eigenvalue weighted by Crippen LogP contribution is -2.02. The lowest BCUT2D eigenvalue weighted by molar-refractivity contribution is 0.151. The van der Waals surface area contributed by atoms with Gasteiger partial charge in [0, 0.05) is 11.8 Å². The van der Waals surface area contributed by atoms with Gasteiger partial charge in [0.05, 0.1) is 11.4 Å². The molecular formula is C10H10F2N4. The molecule has 0 radical (unpaired) electrons. The Hall–Kier alpha value is -1.85. The zero-order valence-corrected chi connectivity index (χ0v) is 8.85. The average molecular weight is 224 g/mol. The van der Waals surface area contributed by atoms with Gasteiger partial charge < -0.3 is 0 Å². The van der Waals surface area contributed by atoms with Crippen LogP contribution >= 0.6 is 0 Å².